The summed E-state index contributed by atoms with van der Waals surface area (Å²) in [5.74, 6) is -1.01. The van der Waals surface area contributed by atoms with E-state index in [9.17, 15) is 50.9 Å². The van der Waals surface area contributed by atoms with E-state index in [1.54, 1.807) is 25.1 Å². The van der Waals surface area contributed by atoms with Gasteiger partial charge in [-0.25, -0.2) is 0 Å². The van der Waals surface area contributed by atoms with Crippen LogP contribution in [-0.4, -0.2) is 36.8 Å². The normalized spacial score (nSPS) is 14.7. The van der Waals surface area contributed by atoms with Crippen molar-refractivity contribution in [1.82, 2.24) is 0 Å². The van der Waals surface area contributed by atoms with Gasteiger partial charge in [0, 0.05) is 40.7 Å². The number of Topliss-reactive ketones (excluding diaryl/α,β-unsaturated/α-hetero) is 1. The highest BCUT2D eigenvalue weighted by Crippen LogP contribution is 2.44. The zero-order valence-corrected chi connectivity index (χ0v) is 22.4. The van der Waals surface area contributed by atoms with Crippen LogP contribution in [0.4, 0.5) is 47.3 Å². The van der Waals surface area contributed by atoms with E-state index in [0.29, 0.717) is 44.5 Å². The van der Waals surface area contributed by atoms with Crippen LogP contribution in [0.25, 0.3) is 0 Å². The summed E-state index contributed by atoms with van der Waals surface area (Å²) >= 11 is 1.07. The number of alkyl halides is 6. The Labute approximate surface area is 239 Å². The molecule has 0 spiro atoms. The molecule has 0 saturated carbocycles. The second-order valence-corrected chi connectivity index (χ2v) is 10.7. The van der Waals surface area contributed by atoms with Gasteiger partial charge in [-0.3, -0.25) is 4.79 Å². The summed E-state index contributed by atoms with van der Waals surface area (Å²) in [5, 5.41) is 24.6. The Morgan fingerprint density at radius 2 is 1.26 bits per heavy atom. The number of halogens is 6. The summed E-state index contributed by atoms with van der Waals surface area (Å²) in [5.41, 5.74) is -4.80. The zero-order chi connectivity index (χ0) is 31.0. The van der Waals surface area contributed by atoms with Crippen molar-refractivity contribution in [2.45, 2.75) is 24.2 Å². The van der Waals surface area contributed by atoms with Crippen molar-refractivity contribution in [3.8, 4) is 0 Å². The number of carbonyl (C=O) groups is 3. The Hall–Kier alpha value is -4.20. The number of benzene rings is 3. The van der Waals surface area contributed by atoms with Crippen molar-refractivity contribution >= 4 is 41.1 Å². The molecule has 0 fully saturated rings. The summed E-state index contributed by atoms with van der Waals surface area (Å²) in [7, 11) is 0. The van der Waals surface area contributed by atoms with Crippen LogP contribution in [0.5, 0.6) is 0 Å². The van der Waals surface area contributed by atoms with E-state index in [0.717, 1.165) is 36.0 Å². The van der Waals surface area contributed by atoms with E-state index in [1.165, 1.54) is 0 Å². The van der Waals surface area contributed by atoms with Gasteiger partial charge in [-0.05, 0) is 55.0 Å². The first-order valence-electron chi connectivity index (χ1n) is 12.1. The van der Waals surface area contributed by atoms with E-state index in [-0.39, 0.29) is 11.3 Å². The molecule has 0 saturated heterocycles. The average Bonchev–Trinajstić information content (AvgIpc) is 2.91. The number of carbonyl (C=O) groups excluding carboxylic acids is 3. The van der Waals surface area contributed by atoms with E-state index in [1.807, 2.05) is 0 Å². The maximum Gasteiger partial charge on any atom is 0.416 e. The number of carboxylic acid groups (broad SMARTS) is 2. The fourth-order valence-electron chi connectivity index (χ4n) is 4.71. The maximum atomic E-state index is 14.1. The summed E-state index contributed by atoms with van der Waals surface area (Å²) in [6.45, 7) is -0.169. The van der Waals surface area contributed by atoms with Gasteiger partial charge in [0.1, 0.15) is 12.2 Å². The lowest BCUT2D eigenvalue weighted by atomic mass is 9.78. The molecule has 4 rings (SSSR count). The molecule has 222 valence electrons. The van der Waals surface area contributed by atoms with Crippen molar-refractivity contribution in [2.75, 3.05) is 28.6 Å². The first-order chi connectivity index (χ1) is 19.5. The lowest BCUT2D eigenvalue weighted by Crippen LogP contribution is -2.58. The molecule has 0 aliphatic carbocycles. The van der Waals surface area contributed by atoms with Crippen molar-refractivity contribution in [3.63, 3.8) is 0 Å². The lowest BCUT2D eigenvalue weighted by molar-refractivity contribution is -0.247. The van der Waals surface area contributed by atoms with Crippen LogP contribution >= 0.6 is 11.8 Å². The molecule has 1 aliphatic heterocycles. The largest absolute Gasteiger partial charge is 0.530 e. The van der Waals surface area contributed by atoms with Crippen LogP contribution < -0.4 is 20.0 Å². The third-order valence-electron chi connectivity index (χ3n) is 6.78. The number of aryl methyl sites for hydroxylation is 1. The summed E-state index contributed by atoms with van der Waals surface area (Å²) < 4.78 is 80.4. The first-order valence-corrected chi connectivity index (χ1v) is 13.1. The quantitative estimate of drug-likeness (QED) is 0.364. The predicted octanol–water partition coefficient (Wildman–Crippen LogP) is 5.01. The second-order valence-electron chi connectivity index (χ2n) is 9.65. The fraction of sp³-hybridized carbons (Fsp3) is 0.250. The molecular formula is C28H20F6N2O5S-2. The number of amides is 2. The van der Waals surface area contributed by atoms with Crippen molar-refractivity contribution in [2.24, 2.45) is 5.41 Å². The number of fused-ring (bicyclic) bond motifs is 1. The number of hydrogen-bond donors (Lipinski definition) is 0. The Morgan fingerprint density at radius 3 is 1.69 bits per heavy atom. The summed E-state index contributed by atoms with van der Waals surface area (Å²) in [6, 6.07) is 11.3. The second kappa shape index (κ2) is 11.2. The Bertz CT molecular complexity index is 1460. The number of hydrogen-bond acceptors (Lipinski definition) is 6. The Morgan fingerprint density at radius 1 is 0.810 bits per heavy atom. The van der Waals surface area contributed by atoms with Crippen molar-refractivity contribution in [1.29, 1.82) is 0 Å². The molecule has 2 amide bonds. The molecule has 0 unspecified atom stereocenters. The van der Waals surface area contributed by atoms with Gasteiger partial charge in [0.05, 0.1) is 16.5 Å². The van der Waals surface area contributed by atoms with E-state index in [2.05, 4.69) is 0 Å². The topological polar surface area (TPSA) is 104 Å². The SMILES string of the molecule is Cc1cccc2c1C(=O)C(CN(C(=O)[O-])c1cccc(C(F)(F)F)c1)(CN(C(=O)[O-])c1cccc(C(F)(F)F)c1)CS2. The van der Waals surface area contributed by atoms with Gasteiger partial charge in [0.15, 0.2) is 5.78 Å². The summed E-state index contributed by atoms with van der Waals surface area (Å²) in [4.78, 5) is 40.0. The molecule has 1 heterocycles. The monoisotopic (exact) mass is 610 g/mol. The molecule has 1 aliphatic rings. The maximum absolute atomic E-state index is 14.1. The van der Waals surface area contributed by atoms with E-state index < -0.39 is 71.3 Å². The molecule has 42 heavy (non-hydrogen) atoms. The standard InChI is InChI=1S/C28H22F6N2O5S/c1-16-5-2-10-21-22(16)23(37)26(15-42-21,13-35(24(38)39)19-8-3-6-17(11-19)27(29,30)31)14-36(25(40)41)20-9-4-7-18(12-20)28(32,33)34/h2-12H,13-15H2,1H3,(H,38,39)(H,40,41)/p-2. The van der Waals surface area contributed by atoms with Gasteiger partial charge >= 0.3 is 12.4 Å². The Kier molecular flexibility index (Phi) is 8.22. The molecule has 0 bridgehead atoms. The minimum absolute atomic E-state index is 0.124. The molecule has 0 radical (unpaired) electrons. The van der Waals surface area contributed by atoms with Gasteiger partial charge in [-0.1, -0.05) is 24.3 Å². The van der Waals surface area contributed by atoms with Crippen LogP contribution in [0.15, 0.2) is 71.6 Å². The van der Waals surface area contributed by atoms with Crippen LogP contribution in [0, 0.1) is 12.3 Å². The van der Waals surface area contributed by atoms with Crippen LogP contribution in [0.3, 0.4) is 0 Å². The minimum atomic E-state index is -4.84. The van der Waals surface area contributed by atoms with Crippen LogP contribution in [-0.2, 0) is 12.4 Å². The predicted molar refractivity (Wildman–Crippen MR) is 137 cm³/mol. The van der Waals surface area contributed by atoms with Crippen molar-refractivity contribution in [3.05, 3.63) is 89.0 Å². The highest BCUT2D eigenvalue weighted by Gasteiger charge is 2.47. The third kappa shape index (κ3) is 6.17. The number of nitrogens with zero attached hydrogens (tertiary/aromatic N) is 2. The average molecular weight is 611 g/mol. The molecule has 7 nitrogen and oxygen atoms in total. The number of thioether (sulfide) groups is 1. The van der Waals surface area contributed by atoms with E-state index in [4.69, 9.17) is 0 Å². The van der Waals surface area contributed by atoms with Gasteiger partial charge in [-0.2, -0.15) is 26.3 Å². The smallest absolute Gasteiger partial charge is 0.416 e. The molecule has 3 aromatic rings. The Balaban J connectivity index is 1.86. The molecule has 0 N–H and O–H groups in total. The molecule has 3 aromatic carbocycles. The highest BCUT2D eigenvalue weighted by molar-refractivity contribution is 7.99. The lowest BCUT2D eigenvalue weighted by Gasteiger charge is -2.44. The van der Waals surface area contributed by atoms with Gasteiger partial charge in [0.2, 0.25) is 0 Å². The fourth-order valence-corrected chi connectivity index (χ4v) is 6.03. The van der Waals surface area contributed by atoms with Gasteiger partial charge in [0.25, 0.3) is 0 Å². The molecular weight excluding hydrogens is 590 g/mol. The van der Waals surface area contributed by atoms with Crippen LogP contribution in [0.1, 0.15) is 27.0 Å². The number of ketones is 1. The third-order valence-corrected chi connectivity index (χ3v) is 8.13. The first kappa shape index (κ1) is 30.8. The molecule has 0 atom stereocenters. The van der Waals surface area contributed by atoms with Crippen molar-refractivity contribution < 1.29 is 50.9 Å². The molecule has 0 aromatic heterocycles. The van der Waals surface area contributed by atoms with Crippen LogP contribution in [0.2, 0.25) is 0 Å². The van der Waals surface area contributed by atoms with Gasteiger partial charge in [-0.15, -0.1) is 11.8 Å². The molecule has 14 heteroatoms. The summed E-state index contributed by atoms with van der Waals surface area (Å²) in [6.07, 6.45) is -13.7. The van der Waals surface area contributed by atoms with E-state index >= 15 is 0 Å². The number of rotatable bonds is 6. The van der Waals surface area contributed by atoms with Gasteiger partial charge < -0.3 is 29.6 Å². The minimum Gasteiger partial charge on any atom is -0.530 e. The highest BCUT2D eigenvalue weighted by atomic mass is 32.2. The number of anilines is 2. The zero-order valence-electron chi connectivity index (χ0n) is 21.6.